The maximum absolute atomic E-state index is 12.6. The number of hydrogen-bond donors (Lipinski definition) is 1. The molecule has 0 spiro atoms. The molecule has 0 saturated heterocycles. The van der Waals surface area contributed by atoms with Crippen LogP contribution in [-0.4, -0.2) is 55.8 Å². The summed E-state index contributed by atoms with van der Waals surface area (Å²) in [5.41, 5.74) is 2.70. The molecule has 0 atom stereocenters. The standard InChI is InChI=1S/C21H22N4O5/c1-28-17-7-5-14(11-18(17)29-2)22-19(26)12-24-8-9-25-16-10-13(20(27)30-3)4-6-15(16)23-21(24)25/h4-7,10-11H,8-9,12H2,1-3H3,(H,22,26). The van der Waals surface area contributed by atoms with Crippen LogP contribution in [-0.2, 0) is 16.1 Å². The molecule has 0 fully saturated rings. The van der Waals surface area contributed by atoms with Gasteiger partial charge >= 0.3 is 5.97 Å². The van der Waals surface area contributed by atoms with Crippen LogP contribution in [0.15, 0.2) is 36.4 Å². The molecule has 1 aliphatic heterocycles. The lowest BCUT2D eigenvalue weighted by Gasteiger charge is -2.16. The van der Waals surface area contributed by atoms with E-state index in [1.165, 1.54) is 7.11 Å². The van der Waals surface area contributed by atoms with Gasteiger partial charge in [-0.25, -0.2) is 9.78 Å². The van der Waals surface area contributed by atoms with Gasteiger partial charge in [0, 0.05) is 24.8 Å². The Morgan fingerprint density at radius 1 is 1.03 bits per heavy atom. The van der Waals surface area contributed by atoms with Crippen LogP contribution >= 0.6 is 0 Å². The number of anilines is 2. The Hall–Kier alpha value is -3.75. The zero-order valence-corrected chi connectivity index (χ0v) is 17.0. The minimum atomic E-state index is -0.392. The van der Waals surface area contributed by atoms with E-state index in [1.54, 1.807) is 50.6 Å². The second-order valence-corrected chi connectivity index (χ2v) is 6.80. The minimum absolute atomic E-state index is 0.154. The van der Waals surface area contributed by atoms with Gasteiger partial charge < -0.3 is 29.0 Å². The maximum atomic E-state index is 12.6. The summed E-state index contributed by atoms with van der Waals surface area (Å²) in [4.78, 5) is 31.0. The monoisotopic (exact) mass is 410 g/mol. The molecule has 0 aliphatic carbocycles. The molecule has 156 valence electrons. The molecule has 1 N–H and O–H groups in total. The fourth-order valence-electron chi connectivity index (χ4n) is 3.58. The predicted octanol–water partition coefficient (Wildman–Crippen LogP) is 2.30. The second kappa shape index (κ2) is 7.94. The van der Waals surface area contributed by atoms with E-state index in [0.717, 1.165) is 11.0 Å². The highest BCUT2D eigenvalue weighted by molar-refractivity contribution is 5.96. The van der Waals surface area contributed by atoms with Crippen molar-refractivity contribution >= 4 is 34.5 Å². The van der Waals surface area contributed by atoms with Crippen LogP contribution in [0.2, 0.25) is 0 Å². The van der Waals surface area contributed by atoms with Gasteiger partial charge in [0.05, 0.1) is 37.9 Å². The third-order valence-corrected chi connectivity index (χ3v) is 5.03. The molecule has 0 unspecified atom stereocenters. The number of carbonyl (C=O) groups is 2. The van der Waals surface area contributed by atoms with E-state index in [9.17, 15) is 9.59 Å². The van der Waals surface area contributed by atoms with Gasteiger partial charge in [-0.05, 0) is 30.3 Å². The Morgan fingerprint density at radius 2 is 1.83 bits per heavy atom. The number of nitrogens with one attached hydrogen (secondary N) is 1. The number of nitrogens with zero attached hydrogens (tertiary/aromatic N) is 3. The first-order valence-corrected chi connectivity index (χ1v) is 9.39. The molecule has 3 aromatic rings. The number of aromatic nitrogens is 2. The Balaban J connectivity index is 1.51. The highest BCUT2D eigenvalue weighted by Gasteiger charge is 2.26. The SMILES string of the molecule is COC(=O)c1ccc2nc3n(c2c1)CCN3CC(=O)Nc1ccc(OC)c(OC)c1. The number of benzene rings is 2. The van der Waals surface area contributed by atoms with Crippen molar-refractivity contribution in [3.63, 3.8) is 0 Å². The van der Waals surface area contributed by atoms with E-state index in [0.29, 0.717) is 41.8 Å². The van der Waals surface area contributed by atoms with Crippen molar-refractivity contribution in [2.24, 2.45) is 0 Å². The van der Waals surface area contributed by atoms with Gasteiger partial charge in [0.2, 0.25) is 11.9 Å². The summed E-state index contributed by atoms with van der Waals surface area (Å²) in [6, 6.07) is 10.4. The van der Waals surface area contributed by atoms with Crippen molar-refractivity contribution < 1.29 is 23.8 Å². The van der Waals surface area contributed by atoms with Gasteiger partial charge in [-0.15, -0.1) is 0 Å². The summed E-state index contributed by atoms with van der Waals surface area (Å²) in [5.74, 6) is 1.28. The molecule has 30 heavy (non-hydrogen) atoms. The Morgan fingerprint density at radius 3 is 2.57 bits per heavy atom. The number of ether oxygens (including phenoxy) is 3. The minimum Gasteiger partial charge on any atom is -0.493 e. The van der Waals surface area contributed by atoms with Gasteiger partial charge in [-0.2, -0.15) is 0 Å². The molecule has 9 nitrogen and oxygen atoms in total. The molecule has 9 heteroatoms. The third kappa shape index (κ3) is 3.49. The van der Waals surface area contributed by atoms with Gasteiger partial charge in [0.25, 0.3) is 0 Å². The van der Waals surface area contributed by atoms with Crippen molar-refractivity contribution in [3.8, 4) is 11.5 Å². The number of imidazole rings is 1. The van der Waals surface area contributed by atoms with Crippen LogP contribution in [0.25, 0.3) is 11.0 Å². The van der Waals surface area contributed by atoms with Gasteiger partial charge in [0.1, 0.15) is 6.54 Å². The fourth-order valence-corrected chi connectivity index (χ4v) is 3.58. The lowest BCUT2D eigenvalue weighted by molar-refractivity contribution is -0.115. The van der Waals surface area contributed by atoms with Gasteiger partial charge in [0.15, 0.2) is 11.5 Å². The van der Waals surface area contributed by atoms with Crippen molar-refractivity contribution in [1.82, 2.24) is 9.55 Å². The Kier molecular flexibility index (Phi) is 5.18. The van der Waals surface area contributed by atoms with Gasteiger partial charge in [-0.3, -0.25) is 4.79 Å². The quantitative estimate of drug-likeness (QED) is 0.623. The average molecular weight is 410 g/mol. The normalized spacial score (nSPS) is 12.6. The average Bonchev–Trinajstić information content (AvgIpc) is 3.32. The summed E-state index contributed by atoms with van der Waals surface area (Å²) in [5, 5.41) is 2.88. The molecule has 1 aliphatic rings. The smallest absolute Gasteiger partial charge is 0.337 e. The van der Waals surface area contributed by atoms with Crippen molar-refractivity contribution in [2.75, 3.05) is 44.6 Å². The third-order valence-electron chi connectivity index (χ3n) is 5.03. The molecule has 1 aromatic heterocycles. The molecule has 2 aromatic carbocycles. The lowest BCUT2D eigenvalue weighted by atomic mass is 10.2. The zero-order valence-electron chi connectivity index (χ0n) is 17.0. The maximum Gasteiger partial charge on any atom is 0.337 e. The van der Waals surface area contributed by atoms with E-state index in [1.807, 2.05) is 9.47 Å². The Labute approximate surface area is 173 Å². The molecule has 0 bridgehead atoms. The van der Waals surface area contributed by atoms with Crippen LogP contribution in [0, 0.1) is 0 Å². The number of fused-ring (bicyclic) bond motifs is 3. The largest absolute Gasteiger partial charge is 0.493 e. The summed E-state index contributed by atoms with van der Waals surface area (Å²) in [6.07, 6.45) is 0. The lowest BCUT2D eigenvalue weighted by Crippen LogP contribution is -2.32. The number of carbonyl (C=O) groups excluding carboxylic acids is 2. The van der Waals surface area contributed by atoms with Crippen LogP contribution in [0.1, 0.15) is 10.4 Å². The molecule has 0 saturated carbocycles. The first kappa shape index (κ1) is 19.6. The van der Waals surface area contributed by atoms with E-state index in [-0.39, 0.29) is 12.5 Å². The summed E-state index contributed by atoms with van der Waals surface area (Å²) in [6.45, 7) is 1.49. The number of methoxy groups -OCH3 is 3. The van der Waals surface area contributed by atoms with Gasteiger partial charge in [-0.1, -0.05) is 0 Å². The number of esters is 1. The van der Waals surface area contributed by atoms with Crippen LogP contribution in [0.4, 0.5) is 11.6 Å². The number of amides is 1. The molecule has 2 heterocycles. The van der Waals surface area contributed by atoms with E-state index in [4.69, 9.17) is 14.2 Å². The first-order valence-electron chi connectivity index (χ1n) is 9.39. The van der Waals surface area contributed by atoms with Crippen LogP contribution in [0.5, 0.6) is 11.5 Å². The topological polar surface area (TPSA) is 94.9 Å². The number of hydrogen-bond acceptors (Lipinski definition) is 7. The molecular formula is C21H22N4O5. The molecular weight excluding hydrogens is 388 g/mol. The zero-order chi connectivity index (χ0) is 21.3. The molecule has 1 amide bonds. The first-order chi connectivity index (χ1) is 14.5. The van der Waals surface area contributed by atoms with E-state index in [2.05, 4.69) is 10.3 Å². The summed E-state index contributed by atoms with van der Waals surface area (Å²) in [7, 11) is 4.46. The number of rotatable bonds is 6. The molecule has 0 radical (unpaired) electrons. The van der Waals surface area contributed by atoms with E-state index >= 15 is 0 Å². The predicted molar refractivity (Wildman–Crippen MR) is 111 cm³/mol. The van der Waals surface area contributed by atoms with Crippen molar-refractivity contribution in [2.45, 2.75) is 6.54 Å². The highest BCUT2D eigenvalue weighted by Crippen LogP contribution is 2.30. The second-order valence-electron chi connectivity index (χ2n) is 6.80. The summed E-state index contributed by atoms with van der Waals surface area (Å²) >= 11 is 0. The van der Waals surface area contributed by atoms with Crippen molar-refractivity contribution in [1.29, 1.82) is 0 Å². The van der Waals surface area contributed by atoms with Crippen LogP contribution in [0.3, 0.4) is 0 Å². The summed E-state index contributed by atoms with van der Waals surface area (Å²) < 4.78 is 17.3. The fraction of sp³-hybridized carbons (Fsp3) is 0.286. The van der Waals surface area contributed by atoms with Crippen molar-refractivity contribution in [3.05, 3.63) is 42.0 Å². The molecule has 4 rings (SSSR count). The Bertz CT molecular complexity index is 1120. The van der Waals surface area contributed by atoms with Crippen LogP contribution < -0.4 is 19.7 Å². The highest BCUT2D eigenvalue weighted by atomic mass is 16.5. The van der Waals surface area contributed by atoms with E-state index < -0.39 is 5.97 Å².